The van der Waals surface area contributed by atoms with Crippen LogP contribution < -0.4 is 10.5 Å². The zero-order valence-corrected chi connectivity index (χ0v) is 13.7. The van der Waals surface area contributed by atoms with E-state index < -0.39 is 0 Å². The largest absolute Gasteiger partial charge is 0.423 e. The third-order valence-corrected chi connectivity index (χ3v) is 4.73. The molecule has 22 heavy (non-hydrogen) atoms. The average molecular weight is 314 g/mol. The van der Waals surface area contributed by atoms with E-state index in [9.17, 15) is 4.79 Å². The Balaban J connectivity index is 1.90. The van der Waals surface area contributed by atoms with E-state index in [-0.39, 0.29) is 5.63 Å². The Morgan fingerprint density at radius 2 is 2.05 bits per heavy atom. The van der Waals surface area contributed by atoms with Gasteiger partial charge in [-0.2, -0.15) is 0 Å². The Kier molecular flexibility index (Phi) is 4.41. The molecule has 2 heterocycles. The van der Waals surface area contributed by atoms with E-state index in [1.54, 1.807) is 17.4 Å². The van der Waals surface area contributed by atoms with Crippen molar-refractivity contribution in [3.05, 3.63) is 68.2 Å². The first-order chi connectivity index (χ1) is 10.7. The summed E-state index contributed by atoms with van der Waals surface area (Å²) in [5.74, 6) is 0. The first kappa shape index (κ1) is 15.0. The molecule has 1 atom stereocenters. The zero-order valence-electron chi connectivity index (χ0n) is 12.9. The van der Waals surface area contributed by atoms with Gasteiger partial charge in [-0.15, -0.1) is 11.3 Å². The van der Waals surface area contributed by atoms with Gasteiger partial charge in [0.25, 0.3) is 0 Å². The summed E-state index contributed by atoms with van der Waals surface area (Å²) in [6, 6.07) is 12.0. The van der Waals surface area contributed by atoms with E-state index in [0.29, 0.717) is 5.58 Å². The average Bonchev–Trinajstić information content (AvgIpc) is 2.99. The van der Waals surface area contributed by atoms with Gasteiger partial charge in [-0.25, -0.2) is 4.79 Å². The summed E-state index contributed by atoms with van der Waals surface area (Å²) in [6.07, 6.45) is 0.938. The fourth-order valence-corrected chi connectivity index (χ4v) is 3.56. The molecule has 0 aliphatic carbocycles. The lowest BCUT2D eigenvalue weighted by atomic mass is 10.1. The van der Waals surface area contributed by atoms with Crippen LogP contribution in [0.25, 0.3) is 11.0 Å². The summed E-state index contributed by atoms with van der Waals surface area (Å²) in [7, 11) is 2.15. The van der Waals surface area contributed by atoms with Crippen LogP contribution in [0.2, 0.25) is 0 Å². The Hall–Kier alpha value is -1.91. The predicted octanol–water partition coefficient (Wildman–Crippen LogP) is 2.63. The van der Waals surface area contributed by atoms with E-state index in [1.807, 2.05) is 6.07 Å². The monoisotopic (exact) mass is 314 g/mol. The van der Waals surface area contributed by atoms with Crippen LogP contribution in [0.4, 0.5) is 0 Å². The number of hydrogen-bond donors (Lipinski definition) is 1. The van der Waals surface area contributed by atoms with Crippen molar-refractivity contribution in [2.24, 2.45) is 0 Å². The highest BCUT2D eigenvalue weighted by Gasteiger charge is 2.12. The molecule has 0 saturated heterocycles. The van der Waals surface area contributed by atoms with Gasteiger partial charge in [-0.1, -0.05) is 25.1 Å². The second-order valence-corrected chi connectivity index (χ2v) is 6.70. The molecule has 0 aliphatic rings. The second kappa shape index (κ2) is 6.46. The van der Waals surface area contributed by atoms with Crippen LogP contribution in [0.1, 0.15) is 22.9 Å². The quantitative estimate of drug-likeness (QED) is 0.735. The molecule has 0 saturated carbocycles. The number of rotatable bonds is 5. The van der Waals surface area contributed by atoms with Crippen molar-refractivity contribution >= 4 is 22.3 Å². The number of nitrogens with one attached hydrogen (secondary N) is 1. The molecule has 2 aromatic heterocycles. The van der Waals surface area contributed by atoms with Gasteiger partial charge in [0.05, 0.1) is 11.9 Å². The number of fused-ring (bicyclic) bond motifs is 1. The van der Waals surface area contributed by atoms with Gasteiger partial charge in [0.1, 0.15) is 18.7 Å². The molecule has 0 fully saturated rings. The molecule has 4 heteroatoms. The standard InChI is InChI=1S/C18H19NO2S/c1-3-13-6-7-16-14(10-18(20)21-17(16)9-13)11-19(2)12-15-5-4-8-22-15/h4-10H,3,11-12H2,1-2H3/p+1. The number of benzene rings is 1. The minimum Gasteiger partial charge on any atom is -0.423 e. The fraction of sp³-hybridized carbons (Fsp3) is 0.278. The molecule has 114 valence electrons. The summed E-state index contributed by atoms with van der Waals surface area (Å²) < 4.78 is 5.37. The van der Waals surface area contributed by atoms with E-state index in [2.05, 4.69) is 43.6 Å². The van der Waals surface area contributed by atoms with Crippen molar-refractivity contribution in [3.8, 4) is 0 Å². The minimum absolute atomic E-state index is 0.264. The highest BCUT2D eigenvalue weighted by Crippen LogP contribution is 2.18. The molecule has 0 spiro atoms. The molecular weight excluding hydrogens is 294 g/mol. The first-order valence-corrected chi connectivity index (χ1v) is 8.43. The first-order valence-electron chi connectivity index (χ1n) is 7.55. The molecule has 0 radical (unpaired) electrons. The SMILES string of the molecule is CCc1ccc2c(C[NH+](C)Cc3cccs3)cc(=O)oc2c1. The lowest BCUT2D eigenvalue weighted by Gasteiger charge is -2.14. The summed E-state index contributed by atoms with van der Waals surface area (Å²) >= 11 is 1.77. The van der Waals surface area contributed by atoms with Crippen molar-refractivity contribution in [3.63, 3.8) is 0 Å². The topological polar surface area (TPSA) is 34.7 Å². The van der Waals surface area contributed by atoms with Crippen LogP contribution in [-0.2, 0) is 19.5 Å². The molecule has 1 aromatic carbocycles. The van der Waals surface area contributed by atoms with Crippen molar-refractivity contribution in [2.75, 3.05) is 7.05 Å². The van der Waals surface area contributed by atoms with Gasteiger partial charge >= 0.3 is 5.63 Å². The summed E-state index contributed by atoms with van der Waals surface area (Å²) in [5.41, 5.74) is 2.68. The van der Waals surface area contributed by atoms with Crippen molar-refractivity contribution in [1.82, 2.24) is 0 Å². The van der Waals surface area contributed by atoms with Crippen LogP contribution in [-0.4, -0.2) is 7.05 Å². The summed E-state index contributed by atoms with van der Waals surface area (Å²) in [6.45, 7) is 3.87. The van der Waals surface area contributed by atoms with E-state index in [1.165, 1.54) is 15.3 Å². The Labute approximate surface area is 133 Å². The van der Waals surface area contributed by atoms with Crippen molar-refractivity contribution in [2.45, 2.75) is 26.4 Å². The van der Waals surface area contributed by atoms with Crippen LogP contribution in [0.15, 0.2) is 51.0 Å². The maximum Gasteiger partial charge on any atom is 0.336 e. The second-order valence-electron chi connectivity index (χ2n) is 5.66. The fourth-order valence-electron chi connectivity index (χ4n) is 2.74. The molecule has 3 rings (SSSR count). The summed E-state index contributed by atoms with van der Waals surface area (Å²) in [5, 5.41) is 3.14. The Bertz CT molecular complexity index is 821. The molecule has 0 amide bonds. The van der Waals surface area contributed by atoms with Crippen LogP contribution >= 0.6 is 11.3 Å². The zero-order chi connectivity index (χ0) is 15.5. The number of thiophene rings is 1. The molecule has 1 N–H and O–H groups in total. The highest BCUT2D eigenvalue weighted by molar-refractivity contribution is 7.09. The molecule has 0 aliphatic heterocycles. The Morgan fingerprint density at radius 3 is 2.77 bits per heavy atom. The molecule has 0 bridgehead atoms. The Morgan fingerprint density at radius 1 is 1.18 bits per heavy atom. The van der Waals surface area contributed by atoms with E-state index >= 15 is 0 Å². The van der Waals surface area contributed by atoms with E-state index in [0.717, 1.165) is 30.5 Å². The number of hydrogen-bond acceptors (Lipinski definition) is 3. The lowest BCUT2D eigenvalue weighted by molar-refractivity contribution is -0.907. The van der Waals surface area contributed by atoms with Gasteiger partial charge in [-0.3, -0.25) is 0 Å². The van der Waals surface area contributed by atoms with Crippen molar-refractivity contribution in [1.29, 1.82) is 0 Å². The predicted molar refractivity (Wildman–Crippen MR) is 90.5 cm³/mol. The molecule has 3 aromatic rings. The lowest BCUT2D eigenvalue weighted by Crippen LogP contribution is -3.06. The van der Waals surface area contributed by atoms with Gasteiger partial charge < -0.3 is 9.32 Å². The van der Waals surface area contributed by atoms with Crippen LogP contribution in [0.3, 0.4) is 0 Å². The maximum absolute atomic E-state index is 11.8. The van der Waals surface area contributed by atoms with Gasteiger partial charge in [0, 0.05) is 17.0 Å². The highest BCUT2D eigenvalue weighted by atomic mass is 32.1. The third kappa shape index (κ3) is 3.29. The van der Waals surface area contributed by atoms with Gasteiger partial charge in [0.2, 0.25) is 0 Å². The van der Waals surface area contributed by atoms with Crippen molar-refractivity contribution < 1.29 is 9.32 Å². The third-order valence-electron chi connectivity index (χ3n) is 3.85. The van der Waals surface area contributed by atoms with Crippen LogP contribution in [0, 0.1) is 0 Å². The number of aryl methyl sites for hydroxylation is 1. The minimum atomic E-state index is -0.264. The number of quaternary nitrogens is 1. The molecule has 3 nitrogen and oxygen atoms in total. The maximum atomic E-state index is 11.8. The smallest absolute Gasteiger partial charge is 0.336 e. The summed E-state index contributed by atoms with van der Waals surface area (Å²) in [4.78, 5) is 14.5. The molecular formula is C18H20NO2S+. The van der Waals surface area contributed by atoms with Gasteiger partial charge in [0.15, 0.2) is 0 Å². The normalized spacial score (nSPS) is 12.6. The van der Waals surface area contributed by atoms with Gasteiger partial charge in [-0.05, 0) is 29.5 Å². The molecule has 1 unspecified atom stereocenters. The van der Waals surface area contributed by atoms with Crippen LogP contribution in [0.5, 0.6) is 0 Å². The van der Waals surface area contributed by atoms with E-state index in [4.69, 9.17) is 4.42 Å².